The van der Waals surface area contributed by atoms with Crippen LogP contribution >= 0.6 is 11.8 Å². The van der Waals surface area contributed by atoms with Crippen molar-refractivity contribution in [2.24, 2.45) is 0 Å². The number of methoxy groups -OCH3 is 1. The molecular weight excluding hydrogens is 350 g/mol. The molecule has 2 aromatic rings. The SMILES string of the molecule is C=CN1C(=O)[C@H](OC(C)=O)[C@H](c2ccc(OC)cc2)Sc2ccccc21. The van der Waals surface area contributed by atoms with Crippen LogP contribution in [0.25, 0.3) is 0 Å². The van der Waals surface area contributed by atoms with E-state index in [4.69, 9.17) is 9.47 Å². The summed E-state index contributed by atoms with van der Waals surface area (Å²) in [7, 11) is 1.60. The molecule has 0 spiro atoms. The van der Waals surface area contributed by atoms with Gasteiger partial charge < -0.3 is 9.47 Å². The molecule has 1 amide bonds. The summed E-state index contributed by atoms with van der Waals surface area (Å²) in [6.45, 7) is 5.05. The fourth-order valence-corrected chi connectivity index (χ4v) is 4.16. The molecule has 0 N–H and O–H groups in total. The maximum Gasteiger partial charge on any atom is 0.303 e. The summed E-state index contributed by atoms with van der Waals surface area (Å²) in [5.74, 6) is -0.109. The Hall–Kier alpha value is -2.73. The number of benzene rings is 2. The Kier molecular flexibility index (Phi) is 5.32. The molecule has 0 radical (unpaired) electrons. The monoisotopic (exact) mass is 369 g/mol. The Bertz CT molecular complexity index is 834. The van der Waals surface area contributed by atoms with Gasteiger partial charge in [0.25, 0.3) is 5.91 Å². The minimum absolute atomic E-state index is 0.325. The molecule has 0 bridgehead atoms. The summed E-state index contributed by atoms with van der Waals surface area (Å²) >= 11 is 1.49. The van der Waals surface area contributed by atoms with Gasteiger partial charge in [-0.25, -0.2) is 0 Å². The van der Waals surface area contributed by atoms with Crippen molar-refractivity contribution in [3.8, 4) is 5.75 Å². The molecular formula is C20H19NO4S. The first-order valence-electron chi connectivity index (χ1n) is 8.07. The fraction of sp³-hybridized carbons (Fsp3) is 0.200. The highest BCUT2D eigenvalue weighted by Crippen LogP contribution is 2.46. The summed E-state index contributed by atoms with van der Waals surface area (Å²) in [5, 5.41) is -0.386. The third-order valence-corrected chi connectivity index (χ3v) is 5.43. The van der Waals surface area contributed by atoms with Crippen LogP contribution in [0.5, 0.6) is 5.75 Å². The standard InChI is InChI=1S/C20H19NO4S/c1-4-21-16-7-5-6-8-17(16)26-19(18(20(21)23)25-13(2)22)14-9-11-15(24-3)12-10-14/h4-12,18-19H,1H2,2-3H3/t18-,19+/m1/s1. The third kappa shape index (κ3) is 3.46. The molecule has 2 aromatic carbocycles. The zero-order valence-electron chi connectivity index (χ0n) is 14.5. The Morgan fingerprint density at radius 2 is 1.88 bits per heavy atom. The molecule has 0 fully saturated rings. The minimum atomic E-state index is -0.962. The van der Waals surface area contributed by atoms with Crippen LogP contribution in [-0.4, -0.2) is 25.1 Å². The Balaban J connectivity index is 2.10. The number of carbonyl (C=O) groups is 2. The predicted octanol–water partition coefficient (Wildman–Crippen LogP) is 3.95. The second-order valence-corrected chi connectivity index (χ2v) is 6.88. The maximum atomic E-state index is 13.1. The summed E-state index contributed by atoms with van der Waals surface area (Å²) in [6, 6.07) is 15.0. The molecule has 0 aromatic heterocycles. The second kappa shape index (κ2) is 7.66. The number of carbonyl (C=O) groups excluding carboxylic acids is 2. The average Bonchev–Trinajstić information content (AvgIpc) is 2.76. The van der Waals surface area contributed by atoms with Crippen LogP contribution < -0.4 is 9.64 Å². The van der Waals surface area contributed by atoms with Gasteiger partial charge in [-0.15, -0.1) is 11.8 Å². The Morgan fingerprint density at radius 3 is 2.50 bits per heavy atom. The zero-order chi connectivity index (χ0) is 18.7. The number of para-hydroxylation sites is 1. The highest BCUT2D eigenvalue weighted by Gasteiger charge is 2.40. The van der Waals surface area contributed by atoms with Crippen LogP contribution in [0.1, 0.15) is 17.7 Å². The largest absolute Gasteiger partial charge is 0.497 e. The number of amides is 1. The van der Waals surface area contributed by atoms with Gasteiger partial charge in [0.15, 0.2) is 6.10 Å². The lowest BCUT2D eigenvalue weighted by atomic mass is 10.1. The normalized spacial score (nSPS) is 19.3. The molecule has 5 nitrogen and oxygen atoms in total. The molecule has 0 unspecified atom stereocenters. The average molecular weight is 369 g/mol. The van der Waals surface area contributed by atoms with Gasteiger partial charge in [-0.1, -0.05) is 30.8 Å². The van der Waals surface area contributed by atoms with Crippen molar-refractivity contribution in [2.75, 3.05) is 12.0 Å². The molecule has 1 aliphatic rings. The van der Waals surface area contributed by atoms with Crippen LogP contribution in [0.15, 0.2) is 66.2 Å². The Labute approximate surface area is 156 Å². The van der Waals surface area contributed by atoms with Crippen molar-refractivity contribution in [1.82, 2.24) is 0 Å². The first-order chi connectivity index (χ1) is 12.5. The molecule has 0 saturated heterocycles. The molecule has 2 atom stereocenters. The number of nitrogens with zero attached hydrogens (tertiary/aromatic N) is 1. The van der Waals surface area contributed by atoms with Crippen molar-refractivity contribution in [3.05, 3.63) is 66.9 Å². The smallest absolute Gasteiger partial charge is 0.303 e. The first-order valence-corrected chi connectivity index (χ1v) is 8.95. The number of anilines is 1. The van der Waals surface area contributed by atoms with E-state index in [1.54, 1.807) is 7.11 Å². The van der Waals surface area contributed by atoms with Gasteiger partial charge in [-0.2, -0.15) is 0 Å². The van der Waals surface area contributed by atoms with Crippen molar-refractivity contribution >= 4 is 29.3 Å². The van der Waals surface area contributed by atoms with E-state index < -0.39 is 12.1 Å². The van der Waals surface area contributed by atoms with E-state index in [9.17, 15) is 9.59 Å². The van der Waals surface area contributed by atoms with E-state index in [2.05, 4.69) is 6.58 Å². The number of thioether (sulfide) groups is 1. The van der Waals surface area contributed by atoms with E-state index >= 15 is 0 Å². The number of hydrogen-bond acceptors (Lipinski definition) is 5. The van der Waals surface area contributed by atoms with Crippen LogP contribution in [0.4, 0.5) is 5.69 Å². The summed E-state index contributed by atoms with van der Waals surface area (Å²) in [4.78, 5) is 27.1. The van der Waals surface area contributed by atoms with Crippen LogP contribution in [0.2, 0.25) is 0 Å². The van der Waals surface area contributed by atoms with Crippen LogP contribution in [-0.2, 0) is 14.3 Å². The lowest BCUT2D eigenvalue weighted by Crippen LogP contribution is -2.39. The number of hydrogen-bond donors (Lipinski definition) is 0. The van der Waals surface area contributed by atoms with Gasteiger partial charge >= 0.3 is 5.97 Å². The van der Waals surface area contributed by atoms with Gasteiger partial charge in [-0.05, 0) is 29.8 Å². The zero-order valence-corrected chi connectivity index (χ0v) is 15.4. The quantitative estimate of drug-likeness (QED) is 0.764. The van der Waals surface area contributed by atoms with Crippen LogP contribution in [0, 0.1) is 0 Å². The lowest BCUT2D eigenvalue weighted by Gasteiger charge is -2.25. The van der Waals surface area contributed by atoms with Gasteiger partial charge in [0.2, 0.25) is 0 Å². The molecule has 1 heterocycles. The topological polar surface area (TPSA) is 55.8 Å². The third-order valence-electron chi connectivity index (χ3n) is 4.05. The predicted molar refractivity (Wildman–Crippen MR) is 101 cm³/mol. The second-order valence-electron chi connectivity index (χ2n) is 5.70. The van der Waals surface area contributed by atoms with Crippen molar-refractivity contribution < 1.29 is 19.1 Å². The van der Waals surface area contributed by atoms with E-state index in [1.165, 1.54) is 29.8 Å². The van der Waals surface area contributed by atoms with E-state index in [1.807, 2.05) is 48.5 Å². The van der Waals surface area contributed by atoms with E-state index in [-0.39, 0.29) is 11.2 Å². The van der Waals surface area contributed by atoms with Crippen molar-refractivity contribution in [2.45, 2.75) is 23.2 Å². The lowest BCUT2D eigenvalue weighted by molar-refractivity contribution is -0.152. The minimum Gasteiger partial charge on any atom is -0.497 e. The molecule has 0 aliphatic carbocycles. The summed E-state index contributed by atoms with van der Waals surface area (Å²) in [5.41, 5.74) is 1.60. The Morgan fingerprint density at radius 1 is 1.19 bits per heavy atom. The highest BCUT2D eigenvalue weighted by atomic mass is 32.2. The molecule has 0 saturated carbocycles. The number of fused-ring (bicyclic) bond motifs is 1. The molecule has 1 aliphatic heterocycles. The molecule has 6 heteroatoms. The van der Waals surface area contributed by atoms with Crippen molar-refractivity contribution in [3.63, 3.8) is 0 Å². The van der Waals surface area contributed by atoms with E-state index in [0.29, 0.717) is 0 Å². The summed E-state index contributed by atoms with van der Waals surface area (Å²) in [6.07, 6.45) is 0.491. The first kappa shape index (κ1) is 18.1. The van der Waals surface area contributed by atoms with Crippen LogP contribution in [0.3, 0.4) is 0 Å². The van der Waals surface area contributed by atoms with E-state index in [0.717, 1.165) is 21.9 Å². The number of rotatable bonds is 4. The summed E-state index contributed by atoms with van der Waals surface area (Å²) < 4.78 is 10.6. The number of esters is 1. The maximum absolute atomic E-state index is 13.1. The highest BCUT2D eigenvalue weighted by molar-refractivity contribution is 7.99. The van der Waals surface area contributed by atoms with Gasteiger partial charge in [0.05, 0.1) is 18.0 Å². The number of ether oxygens (including phenoxy) is 2. The van der Waals surface area contributed by atoms with Gasteiger partial charge in [0, 0.05) is 18.0 Å². The van der Waals surface area contributed by atoms with Gasteiger partial charge in [0.1, 0.15) is 5.75 Å². The van der Waals surface area contributed by atoms with Crippen molar-refractivity contribution in [1.29, 1.82) is 0 Å². The van der Waals surface area contributed by atoms with Gasteiger partial charge in [-0.3, -0.25) is 14.5 Å². The molecule has 26 heavy (non-hydrogen) atoms. The molecule has 3 rings (SSSR count). The fourth-order valence-electron chi connectivity index (χ4n) is 2.86. The molecule has 134 valence electrons.